The van der Waals surface area contributed by atoms with Crippen LogP contribution in [0.3, 0.4) is 0 Å². The van der Waals surface area contributed by atoms with Crippen molar-refractivity contribution < 1.29 is 30.0 Å². The highest BCUT2D eigenvalue weighted by atomic mass is 32.2. The minimum absolute atomic E-state index is 0.108. The Labute approximate surface area is 97.2 Å². The van der Waals surface area contributed by atoms with Gasteiger partial charge in [0.2, 0.25) is 0 Å². The third-order valence-electron chi connectivity index (χ3n) is 2.22. The van der Waals surface area contributed by atoms with Crippen molar-refractivity contribution in [3.63, 3.8) is 0 Å². The van der Waals surface area contributed by atoms with Crippen molar-refractivity contribution in [3.8, 4) is 0 Å². The summed E-state index contributed by atoms with van der Waals surface area (Å²) in [6, 6.07) is 0. The zero-order chi connectivity index (χ0) is 12.5. The predicted octanol–water partition coefficient (Wildman–Crippen LogP) is -0.980. The highest BCUT2D eigenvalue weighted by Gasteiger charge is 2.47. The fourth-order valence-corrected chi connectivity index (χ4v) is 2.48. The lowest BCUT2D eigenvalue weighted by molar-refractivity contribution is -0.209. The van der Waals surface area contributed by atoms with Gasteiger partial charge in [-0.25, -0.2) is 4.79 Å². The number of ether oxygens (including phenoxy) is 1. The van der Waals surface area contributed by atoms with E-state index in [-0.39, 0.29) is 5.25 Å². The molecule has 16 heavy (non-hydrogen) atoms. The van der Waals surface area contributed by atoms with E-state index < -0.39 is 35.8 Å². The van der Waals surface area contributed by atoms with Gasteiger partial charge in [0, 0.05) is 5.25 Å². The highest BCUT2D eigenvalue weighted by molar-refractivity contribution is 8.00. The van der Waals surface area contributed by atoms with E-state index >= 15 is 0 Å². The molecule has 0 amide bonds. The first-order valence-electron chi connectivity index (χ1n) is 4.92. The van der Waals surface area contributed by atoms with E-state index in [0.29, 0.717) is 0 Å². The fraction of sp³-hybridized carbons (Fsp3) is 0.889. The molecule has 94 valence electrons. The molecule has 1 aliphatic rings. The van der Waals surface area contributed by atoms with Gasteiger partial charge in [0.1, 0.15) is 23.7 Å². The monoisotopic (exact) mass is 252 g/mol. The Morgan fingerprint density at radius 3 is 2.19 bits per heavy atom. The molecule has 1 fully saturated rings. The van der Waals surface area contributed by atoms with E-state index in [1.54, 1.807) is 0 Å². The molecule has 0 aromatic rings. The molecule has 1 saturated heterocycles. The fourth-order valence-electron chi connectivity index (χ4n) is 1.43. The second-order valence-electron chi connectivity index (χ2n) is 3.92. The van der Waals surface area contributed by atoms with Crippen LogP contribution in [0.2, 0.25) is 0 Å². The lowest BCUT2D eigenvalue weighted by Gasteiger charge is -2.39. The topological polar surface area (TPSA) is 107 Å². The lowest BCUT2D eigenvalue weighted by Crippen LogP contribution is -2.59. The standard InChI is InChI=1S/C9H16O6S/c1-3(2)16-9-6(12)4(10)5(11)7(15-9)8(13)14/h3-7,9-12H,1-2H3,(H,13,14)/t4-,5-,6+,7-,9-/m0/s1. The largest absolute Gasteiger partial charge is 0.479 e. The van der Waals surface area contributed by atoms with Crippen LogP contribution in [0.4, 0.5) is 0 Å². The van der Waals surface area contributed by atoms with Crippen molar-refractivity contribution >= 4 is 17.7 Å². The number of carboxylic acid groups (broad SMARTS) is 1. The number of rotatable bonds is 3. The molecular weight excluding hydrogens is 236 g/mol. The van der Waals surface area contributed by atoms with E-state index in [1.165, 1.54) is 11.8 Å². The molecule has 0 aromatic heterocycles. The smallest absolute Gasteiger partial charge is 0.335 e. The van der Waals surface area contributed by atoms with Crippen molar-refractivity contribution in [2.24, 2.45) is 0 Å². The van der Waals surface area contributed by atoms with Gasteiger partial charge in [0.25, 0.3) is 0 Å². The van der Waals surface area contributed by atoms with Gasteiger partial charge in [0.05, 0.1) is 0 Å². The number of thioether (sulfide) groups is 1. The van der Waals surface area contributed by atoms with Crippen molar-refractivity contribution in [2.45, 2.75) is 48.9 Å². The summed E-state index contributed by atoms with van der Waals surface area (Å²) < 4.78 is 5.06. The summed E-state index contributed by atoms with van der Waals surface area (Å²) in [6.07, 6.45) is -5.92. The van der Waals surface area contributed by atoms with Gasteiger partial charge in [0.15, 0.2) is 6.10 Å². The van der Waals surface area contributed by atoms with Crippen LogP contribution in [0, 0.1) is 0 Å². The quantitative estimate of drug-likeness (QED) is 0.511. The number of hydrogen-bond acceptors (Lipinski definition) is 6. The molecule has 1 heterocycles. The molecule has 4 N–H and O–H groups in total. The van der Waals surface area contributed by atoms with E-state index in [0.717, 1.165) is 0 Å². The number of carbonyl (C=O) groups is 1. The third-order valence-corrected chi connectivity index (χ3v) is 3.42. The molecule has 0 radical (unpaired) electrons. The van der Waals surface area contributed by atoms with E-state index in [2.05, 4.69) is 0 Å². The van der Waals surface area contributed by atoms with Crippen LogP contribution in [0.15, 0.2) is 0 Å². The second kappa shape index (κ2) is 5.33. The van der Waals surface area contributed by atoms with Crippen LogP contribution in [-0.4, -0.2) is 61.5 Å². The molecule has 7 heteroatoms. The molecule has 0 aliphatic carbocycles. The first-order chi connectivity index (χ1) is 7.34. The van der Waals surface area contributed by atoms with Crippen LogP contribution in [0.1, 0.15) is 13.8 Å². The van der Waals surface area contributed by atoms with Crippen molar-refractivity contribution in [2.75, 3.05) is 0 Å². The van der Waals surface area contributed by atoms with Gasteiger partial charge in [-0.05, 0) is 0 Å². The van der Waals surface area contributed by atoms with Gasteiger partial charge in [-0.2, -0.15) is 0 Å². The van der Waals surface area contributed by atoms with Crippen LogP contribution >= 0.6 is 11.8 Å². The summed E-state index contributed by atoms with van der Waals surface area (Å²) in [7, 11) is 0. The molecule has 0 spiro atoms. The van der Waals surface area contributed by atoms with E-state index in [1.807, 2.05) is 13.8 Å². The average Bonchev–Trinajstić information content (AvgIpc) is 2.18. The molecular formula is C9H16O6S. The maximum Gasteiger partial charge on any atom is 0.335 e. The summed E-state index contributed by atoms with van der Waals surface area (Å²) in [6.45, 7) is 3.71. The Morgan fingerprint density at radius 1 is 1.19 bits per heavy atom. The maximum absolute atomic E-state index is 10.8. The number of aliphatic carboxylic acids is 1. The van der Waals surface area contributed by atoms with Gasteiger partial charge in [-0.1, -0.05) is 13.8 Å². The molecule has 1 aliphatic heterocycles. The Bertz CT molecular complexity index is 258. The zero-order valence-electron chi connectivity index (χ0n) is 8.98. The molecule has 1 rings (SSSR count). The Morgan fingerprint density at radius 2 is 1.75 bits per heavy atom. The summed E-state index contributed by atoms with van der Waals surface area (Å²) >= 11 is 1.20. The van der Waals surface area contributed by atoms with Crippen molar-refractivity contribution in [1.82, 2.24) is 0 Å². The molecule has 6 nitrogen and oxygen atoms in total. The normalized spacial score (nSPS) is 40.0. The lowest BCUT2D eigenvalue weighted by atomic mass is 10.0. The molecule has 0 saturated carbocycles. The molecule has 0 bridgehead atoms. The van der Waals surface area contributed by atoms with Crippen molar-refractivity contribution in [1.29, 1.82) is 0 Å². The SMILES string of the molecule is CC(C)S[C@@H]1O[C@H](C(=O)O)[C@@H](O)[C@H](O)[C@H]1O. The number of aliphatic hydroxyl groups is 3. The summed E-state index contributed by atoms with van der Waals surface area (Å²) in [4.78, 5) is 10.8. The van der Waals surface area contributed by atoms with Gasteiger partial charge >= 0.3 is 5.97 Å². The first-order valence-corrected chi connectivity index (χ1v) is 5.86. The third kappa shape index (κ3) is 2.86. The number of aliphatic hydroxyl groups excluding tert-OH is 3. The second-order valence-corrected chi connectivity index (χ2v) is 5.60. The minimum atomic E-state index is -1.61. The Hall–Kier alpha value is -0.340. The van der Waals surface area contributed by atoms with Crippen LogP contribution < -0.4 is 0 Å². The van der Waals surface area contributed by atoms with Crippen molar-refractivity contribution in [3.05, 3.63) is 0 Å². The zero-order valence-corrected chi connectivity index (χ0v) is 9.79. The highest BCUT2D eigenvalue weighted by Crippen LogP contribution is 2.30. The summed E-state index contributed by atoms with van der Waals surface area (Å²) in [5.74, 6) is -1.35. The number of carboxylic acids is 1. The summed E-state index contributed by atoms with van der Waals surface area (Å²) in [5, 5.41) is 37.4. The van der Waals surface area contributed by atoms with E-state index in [4.69, 9.17) is 9.84 Å². The maximum atomic E-state index is 10.8. The first kappa shape index (κ1) is 13.7. The van der Waals surface area contributed by atoms with E-state index in [9.17, 15) is 20.1 Å². The van der Waals surface area contributed by atoms with Gasteiger partial charge in [-0.3, -0.25) is 0 Å². The van der Waals surface area contributed by atoms with Crippen LogP contribution in [0.25, 0.3) is 0 Å². The minimum Gasteiger partial charge on any atom is -0.479 e. The van der Waals surface area contributed by atoms with Crippen LogP contribution in [-0.2, 0) is 9.53 Å². The number of hydrogen-bond donors (Lipinski definition) is 4. The average molecular weight is 252 g/mol. The molecule has 5 atom stereocenters. The Kier molecular flexibility index (Phi) is 4.57. The van der Waals surface area contributed by atoms with Crippen LogP contribution in [0.5, 0.6) is 0 Å². The molecule has 0 unspecified atom stereocenters. The predicted molar refractivity (Wildman–Crippen MR) is 57.0 cm³/mol. The Balaban J connectivity index is 2.77. The van der Waals surface area contributed by atoms with Gasteiger partial charge < -0.3 is 25.2 Å². The summed E-state index contributed by atoms with van der Waals surface area (Å²) in [5.41, 5.74) is -0.848. The molecule has 0 aromatic carbocycles. The van der Waals surface area contributed by atoms with Gasteiger partial charge in [-0.15, -0.1) is 11.8 Å².